The highest BCUT2D eigenvalue weighted by atomic mass is 32.2. The molecule has 0 saturated heterocycles. The largest absolute Gasteiger partial charge is 0.228 e. The summed E-state index contributed by atoms with van der Waals surface area (Å²) in [6, 6.07) is 65.7. The minimum absolute atomic E-state index is 0.585. The lowest BCUT2D eigenvalue weighted by molar-refractivity contribution is 0.708. The Bertz CT molecular complexity index is 2470. The van der Waals surface area contributed by atoms with Crippen LogP contribution in [0, 0.1) is 0 Å². The first-order valence-corrected chi connectivity index (χ1v) is 17.8. The van der Waals surface area contributed by atoms with Gasteiger partial charge in [0.2, 0.25) is 0 Å². The van der Waals surface area contributed by atoms with Crippen molar-refractivity contribution in [3.8, 4) is 56.2 Å². The second-order valence-electron chi connectivity index (χ2n) is 12.9. The van der Waals surface area contributed by atoms with E-state index in [1.54, 1.807) is 0 Å². The maximum absolute atomic E-state index is 5.27. The van der Waals surface area contributed by atoms with Gasteiger partial charge in [-0.15, -0.1) is 0 Å². The number of hydrogen-bond donors (Lipinski definition) is 0. The third kappa shape index (κ3) is 4.37. The fraction of sp³-hybridized carbons (Fsp3) is 0.0213. The van der Waals surface area contributed by atoms with Gasteiger partial charge in [-0.05, 0) is 68.8 Å². The molecule has 50 heavy (non-hydrogen) atoms. The molecule has 0 amide bonds. The van der Waals surface area contributed by atoms with Gasteiger partial charge in [-0.2, -0.15) is 0 Å². The van der Waals surface area contributed by atoms with Crippen LogP contribution in [0.2, 0.25) is 0 Å². The lowest BCUT2D eigenvalue weighted by Crippen LogP contribution is -2.34. The van der Waals surface area contributed by atoms with Crippen molar-refractivity contribution in [2.24, 2.45) is 0 Å². The van der Waals surface area contributed by atoms with Gasteiger partial charge in [-0.25, -0.2) is 9.97 Å². The minimum atomic E-state index is -0.585. The average molecular weight is 655 g/mol. The molecule has 0 atom stereocenters. The average Bonchev–Trinajstić information content (AvgIpc) is 3.30. The smallest absolute Gasteiger partial charge is 0.160 e. The number of fused-ring (bicyclic) bond motifs is 11. The van der Waals surface area contributed by atoms with Crippen molar-refractivity contribution < 1.29 is 0 Å². The van der Waals surface area contributed by atoms with E-state index in [9.17, 15) is 0 Å². The van der Waals surface area contributed by atoms with Crippen LogP contribution in [0.5, 0.6) is 0 Å². The summed E-state index contributed by atoms with van der Waals surface area (Å²) in [5.74, 6) is 0.709. The maximum atomic E-state index is 5.27. The van der Waals surface area contributed by atoms with Crippen molar-refractivity contribution in [1.82, 2.24) is 9.97 Å². The fourth-order valence-corrected chi connectivity index (χ4v) is 9.23. The van der Waals surface area contributed by atoms with Crippen LogP contribution in [0.1, 0.15) is 22.3 Å². The van der Waals surface area contributed by atoms with Gasteiger partial charge in [-0.1, -0.05) is 169 Å². The number of aromatic nitrogens is 2. The molecule has 2 nitrogen and oxygen atoms in total. The summed E-state index contributed by atoms with van der Waals surface area (Å²) >= 11 is 1.87. The van der Waals surface area contributed by atoms with E-state index in [1.807, 2.05) is 23.9 Å². The van der Waals surface area contributed by atoms with E-state index in [0.717, 1.165) is 28.1 Å². The van der Waals surface area contributed by atoms with E-state index in [2.05, 4.69) is 170 Å². The molecular formula is C47H30N2S. The first-order chi connectivity index (χ1) is 24.8. The molecule has 0 N–H and O–H groups in total. The summed E-state index contributed by atoms with van der Waals surface area (Å²) in [4.78, 5) is 13.1. The number of benzene rings is 7. The van der Waals surface area contributed by atoms with Gasteiger partial charge in [0.25, 0.3) is 0 Å². The zero-order valence-electron chi connectivity index (χ0n) is 27.1. The summed E-state index contributed by atoms with van der Waals surface area (Å²) in [5.41, 5.74) is 14.4. The molecule has 0 saturated carbocycles. The second kappa shape index (κ2) is 11.5. The van der Waals surface area contributed by atoms with Gasteiger partial charge in [0, 0.05) is 26.5 Å². The lowest BCUT2D eigenvalue weighted by Gasteiger charge is -2.42. The molecule has 0 bridgehead atoms. The van der Waals surface area contributed by atoms with E-state index in [4.69, 9.17) is 9.97 Å². The molecule has 3 heteroatoms. The van der Waals surface area contributed by atoms with E-state index < -0.39 is 5.41 Å². The van der Waals surface area contributed by atoms with Crippen molar-refractivity contribution >= 4 is 11.8 Å². The molecule has 0 unspecified atom stereocenters. The fourth-order valence-electron chi connectivity index (χ4n) is 8.04. The van der Waals surface area contributed by atoms with Crippen molar-refractivity contribution in [2.45, 2.75) is 15.2 Å². The van der Waals surface area contributed by atoms with E-state index in [1.165, 1.54) is 54.3 Å². The van der Waals surface area contributed by atoms with Gasteiger partial charge in [0.15, 0.2) is 5.82 Å². The van der Waals surface area contributed by atoms with Crippen LogP contribution in [0.25, 0.3) is 56.2 Å². The number of nitrogens with zero attached hydrogens (tertiary/aromatic N) is 2. The number of rotatable bonds is 3. The first kappa shape index (κ1) is 28.9. The summed E-state index contributed by atoms with van der Waals surface area (Å²) in [5, 5.41) is 0. The van der Waals surface area contributed by atoms with Crippen LogP contribution in [-0.2, 0) is 5.41 Å². The molecule has 234 valence electrons. The van der Waals surface area contributed by atoms with Crippen LogP contribution in [0.3, 0.4) is 0 Å². The summed E-state index contributed by atoms with van der Waals surface area (Å²) < 4.78 is 0. The number of hydrogen-bond acceptors (Lipinski definition) is 3. The Morgan fingerprint density at radius 2 is 0.800 bits per heavy atom. The molecule has 8 aromatic rings. The van der Waals surface area contributed by atoms with Crippen molar-refractivity contribution in [3.63, 3.8) is 0 Å². The lowest BCUT2D eigenvalue weighted by atomic mass is 9.63. The van der Waals surface area contributed by atoms with Gasteiger partial charge < -0.3 is 0 Å². The molecular weight excluding hydrogens is 625 g/mol. The van der Waals surface area contributed by atoms with Crippen molar-refractivity contribution in [1.29, 1.82) is 0 Å². The third-order valence-electron chi connectivity index (χ3n) is 10.2. The maximum Gasteiger partial charge on any atom is 0.160 e. The monoisotopic (exact) mass is 654 g/mol. The molecule has 0 fully saturated rings. The minimum Gasteiger partial charge on any atom is -0.228 e. The van der Waals surface area contributed by atoms with E-state index in [-0.39, 0.29) is 0 Å². The molecule has 1 spiro atoms. The molecule has 1 aromatic heterocycles. The Hall–Kier alpha value is -6.03. The van der Waals surface area contributed by atoms with Crippen molar-refractivity contribution in [2.75, 3.05) is 0 Å². The van der Waals surface area contributed by atoms with Crippen LogP contribution < -0.4 is 0 Å². The van der Waals surface area contributed by atoms with Gasteiger partial charge in [-0.3, -0.25) is 0 Å². The summed E-state index contributed by atoms with van der Waals surface area (Å²) in [7, 11) is 0. The Morgan fingerprint density at radius 1 is 0.340 bits per heavy atom. The zero-order valence-corrected chi connectivity index (χ0v) is 27.9. The predicted octanol–water partition coefficient (Wildman–Crippen LogP) is 12.0. The molecule has 2 aliphatic rings. The van der Waals surface area contributed by atoms with Crippen molar-refractivity contribution in [3.05, 3.63) is 204 Å². The van der Waals surface area contributed by atoms with Crippen LogP contribution in [0.4, 0.5) is 0 Å². The zero-order chi connectivity index (χ0) is 33.1. The molecule has 1 aliphatic carbocycles. The molecule has 0 radical (unpaired) electrons. The van der Waals surface area contributed by atoms with Gasteiger partial charge in [0.05, 0.1) is 16.8 Å². The molecule has 7 aromatic carbocycles. The van der Waals surface area contributed by atoms with Crippen LogP contribution in [-0.4, -0.2) is 9.97 Å². The highest BCUT2D eigenvalue weighted by Crippen LogP contribution is 2.61. The quantitative estimate of drug-likeness (QED) is 0.190. The molecule has 1 aliphatic heterocycles. The van der Waals surface area contributed by atoms with Crippen LogP contribution in [0.15, 0.2) is 192 Å². The van der Waals surface area contributed by atoms with Gasteiger partial charge in [0.1, 0.15) is 0 Å². The standard InChI is InChI=1S/C47H30N2S/c1-3-15-31(16-4-1)42-30-43(32-17-5-2-6-18-32)49-46(48-42)33-27-28-37-35-20-8-7-19-34(35)36-21-9-10-22-38(36)47(41(37)29-33)39-23-11-13-25-44(39)50-45-26-14-12-24-40(45)47/h1-30H. The molecule has 10 rings (SSSR count). The van der Waals surface area contributed by atoms with Gasteiger partial charge >= 0.3 is 0 Å². The highest BCUT2D eigenvalue weighted by molar-refractivity contribution is 7.99. The normalized spacial score (nSPS) is 13.3. The highest BCUT2D eigenvalue weighted by Gasteiger charge is 2.48. The van der Waals surface area contributed by atoms with E-state index in [0.29, 0.717) is 5.82 Å². The Kier molecular flexibility index (Phi) is 6.68. The third-order valence-corrected chi connectivity index (χ3v) is 11.3. The molecule has 2 heterocycles. The second-order valence-corrected chi connectivity index (χ2v) is 14.0. The summed E-state index contributed by atoms with van der Waals surface area (Å²) in [6.45, 7) is 0. The topological polar surface area (TPSA) is 25.8 Å². The predicted molar refractivity (Wildman–Crippen MR) is 205 cm³/mol. The van der Waals surface area contributed by atoms with Crippen LogP contribution >= 0.6 is 11.8 Å². The Balaban J connectivity index is 1.33. The Labute approximate surface area is 296 Å². The SMILES string of the molecule is c1ccc(-c2cc(-c3ccccc3)nc(-c3ccc4c(c3)C3(c5ccccc5Sc5ccccc53)c3ccccc3-c3ccccc3-4)n2)cc1. The van der Waals surface area contributed by atoms with E-state index >= 15 is 0 Å². The Morgan fingerprint density at radius 3 is 1.38 bits per heavy atom. The first-order valence-electron chi connectivity index (χ1n) is 17.0. The summed E-state index contributed by atoms with van der Waals surface area (Å²) in [6.07, 6.45) is 0.